The number of hydrogen-bond acceptors (Lipinski definition) is 3. The molecule has 0 radical (unpaired) electrons. The summed E-state index contributed by atoms with van der Waals surface area (Å²) in [6.07, 6.45) is 6.54. The summed E-state index contributed by atoms with van der Waals surface area (Å²) >= 11 is 0. The van der Waals surface area contributed by atoms with Crippen molar-refractivity contribution >= 4 is 5.91 Å². The summed E-state index contributed by atoms with van der Waals surface area (Å²) in [5, 5.41) is 8.90. The third kappa shape index (κ3) is 3.94. The first-order chi connectivity index (χ1) is 9.20. The van der Waals surface area contributed by atoms with Gasteiger partial charge in [-0.3, -0.25) is 4.79 Å². The van der Waals surface area contributed by atoms with E-state index in [9.17, 15) is 4.79 Å². The molecule has 1 aliphatic heterocycles. The molecule has 1 saturated heterocycles. The van der Waals surface area contributed by atoms with Crippen LogP contribution in [0.3, 0.4) is 0 Å². The molecule has 0 bridgehead atoms. The predicted octanol–water partition coefficient (Wildman–Crippen LogP) is 2.34. The first kappa shape index (κ1) is 14.3. The van der Waals surface area contributed by atoms with E-state index >= 15 is 0 Å². The normalized spacial score (nSPS) is 28.6. The minimum Gasteiger partial charge on any atom is -0.381 e. The number of hydrogen-bond donors (Lipinski definition) is 0. The van der Waals surface area contributed by atoms with E-state index < -0.39 is 0 Å². The largest absolute Gasteiger partial charge is 0.381 e. The average Bonchev–Trinajstić information content (AvgIpc) is 2.47. The Balaban J connectivity index is 1.77. The van der Waals surface area contributed by atoms with Gasteiger partial charge in [0.25, 0.3) is 0 Å². The lowest BCUT2D eigenvalue weighted by Crippen LogP contribution is -2.40. The molecule has 0 atom stereocenters. The third-order valence-electron chi connectivity index (χ3n) is 4.62. The maximum atomic E-state index is 12.3. The van der Waals surface area contributed by atoms with Gasteiger partial charge in [-0.15, -0.1) is 0 Å². The second kappa shape index (κ2) is 6.91. The summed E-state index contributed by atoms with van der Waals surface area (Å²) < 4.78 is 5.33. The van der Waals surface area contributed by atoms with Crippen molar-refractivity contribution in [3.05, 3.63) is 0 Å². The molecule has 1 amide bonds. The third-order valence-corrected chi connectivity index (χ3v) is 4.62. The van der Waals surface area contributed by atoms with Gasteiger partial charge in [-0.05, 0) is 44.4 Å². The molecule has 19 heavy (non-hydrogen) atoms. The highest BCUT2D eigenvalue weighted by molar-refractivity contribution is 5.76. The summed E-state index contributed by atoms with van der Waals surface area (Å²) in [6, 6.07) is 2.69. The van der Waals surface area contributed by atoms with E-state index in [0.717, 1.165) is 51.7 Å². The number of nitrogens with zero attached hydrogens (tertiary/aromatic N) is 2. The van der Waals surface area contributed by atoms with Crippen LogP contribution in [0.5, 0.6) is 0 Å². The molecule has 106 valence electrons. The van der Waals surface area contributed by atoms with E-state index in [1.807, 2.05) is 11.9 Å². The van der Waals surface area contributed by atoms with Crippen molar-refractivity contribution in [2.45, 2.75) is 51.0 Å². The number of carbonyl (C=O) groups is 1. The highest BCUT2D eigenvalue weighted by Gasteiger charge is 2.27. The average molecular weight is 264 g/mol. The van der Waals surface area contributed by atoms with E-state index in [1.54, 1.807) is 0 Å². The van der Waals surface area contributed by atoms with Crippen LogP contribution in [-0.2, 0) is 9.53 Å². The van der Waals surface area contributed by atoms with Crippen molar-refractivity contribution < 1.29 is 9.53 Å². The van der Waals surface area contributed by atoms with Gasteiger partial charge in [0, 0.05) is 38.6 Å². The monoisotopic (exact) mass is 264 g/mol. The smallest absolute Gasteiger partial charge is 0.222 e. The zero-order valence-electron chi connectivity index (χ0n) is 11.8. The molecule has 0 aromatic heterocycles. The minimum absolute atomic E-state index is 0.204. The van der Waals surface area contributed by atoms with E-state index in [-0.39, 0.29) is 11.8 Å². The van der Waals surface area contributed by atoms with Gasteiger partial charge < -0.3 is 9.64 Å². The first-order valence-corrected chi connectivity index (χ1v) is 7.43. The fraction of sp³-hybridized carbons (Fsp3) is 0.867. The van der Waals surface area contributed by atoms with Crippen LogP contribution in [0.2, 0.25) is 0 Å². The fourth-order valence-corrected chi connectivity index (χ4v) is 3.14. The lowest BCUT2D eigenvalue weighted by atomic mass is 9.86. The van der Waals surface area contributed by atoms with Gasteiger partial charge in [0.2, 0.25) is 5.91 Å². The Morgan fingerprint density at radius 1 is 1.21 bits per heavy atom. The summed E-state index contributed by atoms with van der Waals surface area (Å²) in [5.74, 6) is 0.974. The highest BCUT2D eigenvalue weighted by atomic mass is 16.5. The summed E-state index contributed by atoms with van der Waals surface area (Å²) in [5.41, 5.74) is 0. The molecular formula is C15H24N2O2. The zero-order chi connectivity index (χ0) is 13.7. The molecule has 4 nitrogen and oxygen atoms in total. The predicted molar refractivity (Wildman–Crippen MR) is 72.3 cm³/mol. The molecule has 0 aromatic rings. The Labute approximate surface area is 115 Å². The number of ether oxygens (including phenoxy) is 1. The number of amides is 1. The Morgan fingerprint density at radius 3 is 2.42 bits per heavy atom. The van der Waals surface area contributed by atoms with Crippen LogP contribution >= 0.6 is 0 Å². The van der Waals surface area contributed by atoms with Crippen LogP contribution in [0.25, 0.3) is 0 Å². The lowest BCUT2D eigenvalue weighted by molar-refractivity contribution is -0.134. The Bertz CT molecular complexity index is 337. The van der Waals surface area contributed by atoms with Gasteiger partial charge in [0.15, 0.2) is 0 Å². The van der Waals surface area contributed by atoms with Crippen LogP contribution in [0, 0.1) is 23.2 Å². The quantitative estimate of drug-likeness (QED) is 0.786. The first-order valence-electron chi connectivity index (χ1n) is 7.43. The van der Waals surface area contributed by atoms with E-state index in [2.05, 4.69) is 6.07 Å². The molecule has 4 heteroatoms. The molecule has 1 aliphatic carbocycles. The second-order valence-corrected chi connectivity index (χ2v) is 5.90. The molecule has 0 N–H and O–H groups in total. The van der Waals surface area contributed by atoms with E-state index in [1.165, 1.54) is 0 Å². The number of nitriles is 1. The summed E-state index contributed by atoms with van der Waals surface area (Å²) in [7, 11) is 1.93. The van der Waals surface area contributed by atoms with Gasteiger partial charge in [0.05, 0.1) is 6.07 Å². The van der Waals surface area contributed by atoms with Crippen molar-refractivity contribution in [2.24, 2.45) is 11.8 Å². The minimum atomic E-state index is 0.204. The molecule has 0 unspecified atom stereocenters. The number of rotatable bonds is 3. The van der Waals surface area contributed by atoms with Gasteiger partial charge in [-0.2, -0.15) is 5.26 Å². The Hall–Kier alpha value is -1.08. The molecule has 1 heterocycles. The van der Waals surface area contributed by atoms with Crippen LogP contribution in [-0.4, -0.2) is 37.1 Å². The molecule has 0 spiro atoms. The van der Waals surface area contributed by atoms with Crippen molar-refractivity contribution in [1.29, 1.82) is 5.26 Å². The van der Waals surface area contributed by atoms with E-state index in [0.29, 0.717) is 18.4 Å². The van der Waals surface area contributed by atoms with Crippen LogP contribution in [0.4, 0.5) is 0 Å². The van der Waals surface area contributed by atoms with Crippen molar-refractivity contribution in [3.63, 3.8) is 0 Å². The fourth-order valence-electron chi connectivity index (χ4n) is 3.14. The SMILES string of the molecule is CN(C(=O)CC1CCOCC1)C1CCC(C#N)CC1. The Kier molecular flexibility index (Phi) is 5.21. The second-order valence-electron chi connectivity index (χ2n) is 5.90. The molecule has 2 aliphatic rings. The standard InChI is InChI=1S/C15H24N2O2/c1-17(14-4-2-13(11-16)3-5-14)15(18)10-12-6-8-19-9-7-12/h12-14H,2-10H2,1H3. The maximum absolute atomic E-state index is 12.3. The van der Waals surface area contributed by atoms with E-state index in [4.69, 9.17) is 10.00 Å². The van der Waals surface area contributed by atoms with Gasteiger partial charge in [0.1, 0.15) is 0 Å². The highest BCUT2D eigenvalue weighted by Crippen LogP contribution is 2.28. The van der Waals surface area contributed by atoms with Crippen molar-refractivity contribution in [2.75, 3.05) is 20.3 Å². The number of carbonyl (C=O) groups excluding carboxylic acids is 1. The lowest BCUT2D eigenvalue weighted by Gasteiger charge is -2.34. The molecule has 0 aromatic carbocycles. The van der Waals surface area contributed by atoms with Crippen molar-refractivity contribution in [1.82, 2.24) is 4.90 Å². The molecule has 2 fully saturated rings. The summed E-state index contributed by atoms with van der Waals surface area (Å²) in [6.45, 7) is 1.60. The Morgan fingerprint density at radius 2 is 1.84 bits per heavy atom. The van der Waals surface area contributed by atoms with Crippen LogP contribution in [0.15, 0.2) is 0 Å². The molecule has 2 rings (SSSR count). The molecular weight excluding hydrogens is 240 g/mol. The summed E-state index contributed by atoms with van der Waals surface area (Å²) in [4.78, 5) is 14.2. The van der Waals surface area contributed by atoms with Gasteiger partial charge in [-0.1, -0.05) is 0 Å². The van der Waals surface area contributed by atoms with Gasteiger partial charge in [-0.25, -0.2) is 0 Å². The van der Waals surface area contributed by atoms with Crippen LogP contribution in [0.1, 0.15) is 44.9 Å². The van der Waals surface area contributed by atoms with Crippen molar-refractivity contribution in [3.8, 4) is 6.07 Å². The zero-order valence-corrected chi connectivity index (χ0v) is 11.8. The maximum Gasteiger partial charge on any atom is 0.222 e. The van der Waals surface area contributed by atoms with Crippen LogP contribution < -0.4 is 0 Å². The topological polar surface area (TPSA) is 53.3 Å². The van der Waals surface area contributed by atoms with Gasteiger partial charge >= 0.3 is 0 Å². The molecule has 1 saturated carbocycles.